The molecular formula is C20H11Cl2N3O4. The van der Waals surface area contributed by atoms with Crippen molar-refractivity contribution in [2.45, 2.75) is 0 Å². The number of anilines is 1. The molecule has 0 fully saturated rings. The lowest BCUT2D eigenvalue weighted by Crippen LogP contribution is -2.13. The van der Waals surface area contributed by atoms with Crippen LogP contribution in [0.4, 0.5) is 11.4 Å². The van der Waals surface area contributed by atoms with Crippen LogP contribution in [0.1, 0.15) is 5.76 Å². The maximum Gasteiger partial charge on any atom is 0.288 e. The summed E-state index contributed by atoms with van der Waals surface area (Å²) in [6.07, 6.45) is 1.26. The minimum absolute atomic E-state index is 0.0974. The summed E-state index contributed by atoms with van der Waals surface area (Å²) < 4.78 is 5.60. The highest BCUT2D eigenvalue weighted by Gasteiger charge is 2.19. The molecule has 0 spiro atoms. The topological polar surface area (TPSA) is 109 Å². The fourth-order valence-electron chi connectivity index (χ4n) is 2.45. The Morgan fingerprint density at radius 2 is 1.86 bits per heavy atom. The minimum Gasteiger partial charge on any atom is -0.457 e. The van der Waals surface area contributed by atoms with E-state index >= 15 is 0 Å². The molecule has 0 unspecified atom stereocenters. The number of para-hydroxylation sites is 1. The normalized spacial score (nSPS) is 11.0. The predicted molar refractivity (Wildman–Crippen MR) is 109 cm³/mol. The van der Waals surface area contributed by atoms with Crippen LogP contribution in [0.3, 0.4) is 0 Å². The van der Waals surface area contributed by atoms with Gasteiger partial charge in [0, 0.05) is 23.4 Å². The third-order valence-electron chi connectivity index (χ3n) is 3.81. The van der Waals surface area contributed by atoms with Crippen molar-refractivity contribution in [1.29, 1.82) is 5.26 Å². The predicted octanol–water partition coefficient (Wildman–Crippen LogP) is 5.71. The molecular weight excluding hydrogens is 417 g/mol. The van der Waals surface area contributed by atoms with Gasteiger partial charge in [-0.05, 0) is 30.3 Å². The van der Waals surface area contributed by atoms with Crippen molar-refractivity contribution >= 4 is 46.6 Å². The van der Waals surface area contributed by atoms with Crippen LogP contribution in [0, 0.1) is 21.4 Å². The molecule has 1 heterocycles. The number of hydrogen-bond donors (Lipinski definition) is 1. The smallest absolute Gasteiger partial charge is 0.288 e. The van der Waals surface area contributed by atoms with Gasteiger partial charge in [-0.2, -0.15) is 5.26 Å². The molecule has 9 heteroatoms. The molecule has 0 aliphatic rings. The number of rotatable bonds is 5. The van der Waals surface area contributed by atoms with Crippen molar-refractivity contribution in [3.63, 3.8) is 0 Å². The Bertz CT molecular complexity index is 1160. The summed E-state index contributed by atoms with van der Waals surface area (Å²) in [5.41, 5.74) is 0.302. The van der Waals surface area contributed by atoms with E-state index in [-0.39, 0.29) is 38.4 Å². The Hall–Kier alpha value is -3.60. The molecule has 2 aromatic carbocycles. The molecule has 29 heavy (non-hydrogen) atoms. The Balaban J connectivity index is 1.89. The number of carbonyl (C=O) groups excluding carboxylic acids is 1. The molecule has 1 aromatic heterocycles. The van der Waals surface area contributed by atoms with E-state index in [1.807, 2.05) is 6.07 Å². The summed E-state index contributed by atoms with van der Waals surface area (Å²) >= 11 is 12.0. The van der Waals surface area contributed by atoms with Gasteiger partial charge in [-0.3, -0.25) is 14.9 Å². The van der Waals surface area contributed by atoms with E-state index in [2.05, 4.69) is 5.32 Å². The maximum atomic E-state index is 12.3. The highest BCUT2D eigenvalue weighted by molar-refractivity contribution is 6.37. The third-order valence-corrected chi connectivity index (χ3v) is 4.42. The molecule has 0 atom stereocenters. The Morgan fingerprint density at radius 1 is 1.14 bits per heavy atom. The van der Waals surface area contributed by atoms with Gasteiger partial charge in [-0.25, -0.2) is 0 Å². The zero-order valence-corrected chi connectivity index (χ0v) is 16.1. The minimum atomic E-state index is -0.631. The van der Waals surface area contributed by atoms with Gasteiger partial charge in [0.2, 0.25) is 0 Å². The molecule has 0 aliphatic heterocycles. The first-order valence-corrected chi connectivity index (χ1v) is 8.86. The van der Waals surface area contributed by atoms with Gasteiger partial charge in [0.1, 0.15) is 28.2 Å². The highest BCUT2D eigenvalue weighted by atomic mass is 35.5. The summed E-state index contributed by atoms with van der Waals surface area (Å²) in [6, 6.07) is 16.0. The van der Waals surface area contributed by atoms with Crippen LogP contribution in [-0.4, -0.2) is 10.8 Å². The quantitative estimate of drug-likeness (QED) is 0.242. The largest absolute Gasteiger partial charge is 0.457 e. The second kappa shape index (κ2) is 8.61. The standard InChI is InChI=1S/C20H11Cl2N3O4/c21-16-10-17(22)18(25(27)28)9-15(16)19-7-6-14(29-19)8-12(11-23)20(26)24-13-4-2-1-3-5-13/h1-10H,(H,24,26)/b12-8-. The molecule has 0 radical (unpaired) electrons. The van der Waals surface area contributed by atoms with Crippen molar-refractivity contribution in [2.75, 3.05) is 5.32 Å². The number of nitro benzene ring substituents is 1. The van der Waals surface area contributed by atoms with Crippen LogP contribution in [0.15, 0.2) is 64.6 Å². The van der Waals surface area contributed by atoms with E-state index in [1.165, 1.54) is 30.3 Å². The summed E-state index contributed by atoms with van der Waals surface area (Å²) in [4.78, 5) is 22.7. The van der Waals surface area contributed by atoms with Crippen LogP contribution in [0.5, 0.6) is 0 Å². The average molecular weight is 428 g/mol. The number of carbonyl (C=O) groups is 1. The van der Waals surface area contributed by atoms with Gasteiger partial charge in [0.15, 0.2) is 0 Å². The van der Waals surface area contributed by atoms with Crippen LogP contribution in [-0.2, 0) is 4.79 Å². The van der Waals surface area contributed by atoms with E-state index in [1.54, 1.807) is 30.3 Å². The highest BCUT2D eigenvalue weighted by Crippen LogP contribution is 2.37. The number of nitrogens with one attached hydrogen (secondary N) is 1. The molecule has 1 N–H and O–H groups in total. The van der Waals surface area contributed by atoms with E-state index in [4.69, 9.17) is 27.6 Å². The molecule has 0 aliphatic carbocycles. The van der Waals surface area contributed by atoms with E-state index in [0.29, 0.717) is 5.69 Å². The Labute approximate surface area is 174 Å². The number of nitro groups is 1. The molecule has 1 amide bonds. The van der Waals surface area contributed by atoms with Gasteiger partial charge < -0.3 is 9.73 Å². The van der Waals surface area contributed by atoms with Crippen LogP contribution < -0.4 is 5.32 Å². The fraction of sp³-hybridized carbons (Fsp3) is 0. The number of hydrogen-bond acceptors (Lipinski definition) is 5. The first kappa shape index (κ1) is 20.1. The second-order valence-corrected chi connectivity index (χ2v) is 6.55. The van der Waals surface area contributed by atoms with Gasteiger partial charge in [-0.1, -0.05) is 41.4 Å². The molecule has 3 rings (SSSR count). The lowest BCUT2D eigenvalue weighted by atomic mass is 10.1. The lowest BCUT2D eigenvalue weighted by Gasteiger charge is -2.03. The molecule has 3 aromatic rings. The van der Waals surface area contributed by atoms with Crippen molar-refractivity contribution in [1.82, 2.24) is 0 Å². The van der Waals surface area contributed by atoms with E-state index in [0.717, 1.165) is 0 Å². The van der Waals surface area contributed by atoms with E-state index in [9.17, 15) is 20.2 Å². The molecule has 144 valence electrons. The average Bonchev–Trinajstić information content (AvgIpc) is 3.15. The zero-order valence-electron chi connectivity index (χ0n) is 14.6. The van der Waals surface area contributed by atoms with Crippen LogP contribution >= 0.6 is 23.2 Å². The number of amides is 1. The van der Waals surface area contributed by atoms with Gasteiger partial charge >= 0.3 is 0 Å². The first-order valence-electron chi connectivity index (χ1n) is 8.11. The van der Waals surface area contributed by atoms with E-state index < -0.39 is 10.8 Å². The summed E-state index contributed by atoms with van der Waals surface area (Å²) in [6.45, 7) is 0. The number of halogens is 2. The number of nitriles is 1. The van der Waals surface area contributed by atoms with Gasteiger partial charge in [0.05, 0.1) is 9.95 Å². The maximum absolute atomic E-state index is 12.3. The van der Waals surface area contributed by atoms with Crippen LogP contribution in [0.25, 0.3) is 17.4 Å². The number of furan rings is 1. The summed E-state index contributed by atoms with van der Waals surface area (Å²) in [5.74, 6) is -0.174. The third kappa shape index (κ3) is 4.63. The molecule has 7 nitrogen and oxygen atoms in total. The van der Waals surface area contributed by atoms with Crippen molar-refractivity contribution in [2.24, 2.45) is 0 Å². The van der Waals surface area contributed by atoms with Crippen molar-refractivity contribution < 1.29 is 14.1 Å². The Kier molecular flexibility index (Phi) is 5.98. The molecule has 0 saturated carbocycles. The first-order chi connectivity index (χ1) is 13.9. The monoisotopic (exact) mass is 427 g/mol. The van der Waals surface area contributed by atoms with Gasteiger partial charge in [-0.15, -0.1) is 0 Å². The molecule has 0 saturated heterocycles. The number of benzene rings is 2. The summed E-state index contributed by atoms with van der Waals surface area (Å²) in [7, 11) is 0. The Morgan fingerprint density at radius 3 is 2.52 bits per heavy atom. The molecule has 0 bridgehead atoms. The van der Waals surface area contributed by atoms with Gasteiger partial charge in [0.25, 0.3) is 11.6 Å². The van der Waals surface area contributed by atoms with Crippen molar-refractivity contribution in [3.8, 4) is 17.4 Å². The SMILES string of the molecule is N#C/C(=C/c1ccc(-c2cc([N+](=O)[O-])c(Cl)cc2Cl)o1)C(=O)Nc1ccccc1. The second-order valence-electron chi connectivity index (χ2n) is 5.73. The lowest BCUT2D eigenvalue weighted by molar-refractivity contribution is -0.384. The summed E-state index contributed by atoms with van der Waals surface area (Å²) in [5, 5.41) is 23.1. The fourth-order valence-corrected chi connectivity index (χ4v) is 3.00. The number of nitrogens with zero attached hydrogens (tertiary/aromatic N) is 2. The zero-order chi connectivity index (χ0) is 21.0. The van der Waals surface area contributed by atoms with Crippen molar-refractivity contribution in [3.05, 3.63) is 86.1 Å². The van der Waals surface area contributed by atoms with Crippen LogP contribution in [0.2, 0.25) is 10.0 Å².